The highest BCUT2D eigenvalue weighted by molar-refractivity contribution is 5.78. The van der Waals surface area contributed by atoms with Crippen molar-refractivity contribution < 1.29 is 22.0 Å². The molecule has 8 heteroatoms. The van der Waals surface area contributed by atoms with Gasteiger partial charge >= 0.3 is 6.18 Å². The molecule has 0 radical (unpaired) electrons. The quantitative estimate of drug-likeness (QED) is 0.468. The maximum Gasteiger partial charge on any atom is 0.435 e. The maximum atomic E-state index is 14.6. The summed E-state index contributed by atoms with van der Waals surface area (Å²) in [6, 6.07) is 8.72. The second-order valence-corrected chi connectivity index (χ2v) is 6.29. The fourth-order valence-electron chi connectivity index (χ4n) is 2.89. The van der Waals surface area contributed by atoms with Crippen LogP contribution in [-0.2, 0) is 13.2 Å². The topological polar surface area (TPSA) is 29.9 Å². The third-order valence-electron chi connectivity index (χ3n) is 4.20. The van der Waals surface area contributed by atoms with Crippen LogP contribution in [0, 0.1) is 18.6 Å². The summed E-state index contributed by atoms with van der Waals surface area (Å²) in [6.45, 7) is 9.66. The third kappa shape index (κ3) is 4.87. The summed E-state index contributed by atoms with van der Waals surface area (Å²) in [4.78, 5) is 0. The minimum Gasteiger partial charge on any atom is -0.353 e. The van der Waals surface area contributed by atoms with E-state index in [4.69, 9.17) is 0 Å². The van der Waals surface area contributed by atoms with Crippen LogP contribution in [0.3, 0.4) is 0 Å². The molecule has 0 aliphatic carbocycles. The van der Waals surface area contributed by atoms with Gasteiger partial charge in [-0.25, -0.2) is 8.78 Å². The molecule has 0 amide bonds. The van der Waals surface area contributed by atoms with Crippen molar-refractivity contribution in [1.29, 1.82) is 0 Å². The predicted octanol–water partition coefficient (Wildman–Crippen LogP) is 6.80. The first-order chi connectivity index (χ1) is 14.1. The number of aromatic nitrogens is 2. The van der Waals surface area contributed by atoms with E-state index in [1.165, 1.54) is 7.05 Å². The normalized spacial score (nSPS) is 11.0. The first kappa shape index (κ1) is 23.1. The molecule has 0 aliphatic rings. The summed E-state index contributed by atoms with van der Waals surface area (Å²) in [6.07, 6.45) is -3.80. The van der Waals surface area contributed by atoms with Crippen LogP contribution >= 0.6 is 0 Å². The zero-order valence-electron chi connectivity index (χ0n) is 17.0. The van der Waals surface area contributed by atoms with Gasteiger partial charge in [0.1, 0.15) is 11.6 Å². The van der Waals surface area contributed by atoms with Gasteiger partial charge in [-0.05, 0) is 18.6 Å². The fourth-order valence-corrected chi connectivity index (χ4v) is 2.89. The third-order valence-corrected chi connectivity index (χ3v) is 4.20. The molecule has 3 aromatic rings. The Labute approximate surface area is 171 Å². The number of anilines is 1. The van der Waals surface area contributed by atoms with Gasteiger partial charge in [0.15, 0.2) is 5.69 Å². The van der Waals surface area contributed by atoms with Crippen LogP contribution in [0.15, 0.2) is 49.2 Å². The van der Waals surface area contributed by atoms with Crippen molar-refractivity contribution in [3.05, 3.63) is 77.6 Å². The summed E-state index contributed by atoms with van der Waals surface area (Å²) >= 11 is 0. The number of nitrogens with one attached hydrogen (secondary N) is 1. The molecular formula is C22H22F5N3. The van der Waals surface area contributed by atoms with Gasteiger partial charge < -0.3 is 5.32 Å². The fraction of sp³-hybridized carbons (Fsp3) is 0.227. The van der Waals surface area contributed by atoms with E-state index in [-0.39, 0.29) is 5.69 Å². The lowest BCUT2D eigenvalue weighted by atomic mass is 10.0. The molecule has 1 N–H and O–H groups in total. The molecule has 0 bridgehead atoms. The van der Waals surface area contributed by atoms with Crippen LogP contribution in [0.4, 0.5) is 27.6 Å². The molecule has 0 spiro atoms. The van der Waals surface area contributed by atoms with Crippen molar-refractivity contribution in [2.24, 2.45) is 7.05 Å². The van der Waals surface area contributed by atoms with E-state index in [0.717, 1.165) is 28.6 Å². The molecule has 0 saturated heterocycles. The first-order valence-corrected chi connectivity index (χ1v) is 9.20. The van der Waals surface area contributed by atoms with Crippen LogP contribution in [0.1, 0.15) is 30.7 Å². The van der Waals surface area contributed by atoms with Gasteiger partial charge in [0.2, 0.25) is 0 Å². The molecule has 160 valence electrons. The molecule has 3 nitrogen and oxygen atoms in total. The minimum absolute atomic E-state index is 0.230. The van der Waals surface area contributed by atoms with Crippen LogP contribution in [0.2, 0.25) is 0 Å². The number of aryl methyl sites for hydroxylation is 2. The molecular weight excluding hydrogens is 401 g/mol. The van der Waals surface area contributed by atoms with E-state index in [9.17, 15) is 22.0 Å². The Morgan fingerprint density at radius 3 is 2.27 bits per heavy atom. The van der Waals surface area contributed by atoms with Gasteiger partial charge in [-0.15, -0.1) is 0 Å². The standard InChI is InChI=1S/C20H16F5N3.C2H6/c1-11-6-4-5-7-13(11)12(2)26-18-9-16(21)14(8-17(18)22)15-10-28(3)27-19(15)20(23,24)25;1-2/h4-10,26H,2H2,1,3H3;1-2H3. The van der Waals surface area contributed by atoms with E-state index in [1.54, 1.807) is 12.1 Å². The average Bonchev–Trinajstić information content (AvgIpc) is 3.08. The number of rotatable bonds is 4. The molecule has 30 heavy (non-hydrogen) atoms. The lowest BCUT2D eigenvalue weighted by Crippen LogP contribution is -2.09. The summed E-state index contributed by atoms with van der Waals surface area (Å²) in [5.41, 5.74) is -0.645. The average molecular weight is 423 g/mol. The van der Waals surface area contributed by atoms with Crippen molar-refractivity contribution in [2.45, 2.75) is 26.9 Å². The largest absolute Gasteiger partial charge is 0.435 e. The zero-order chi connectivity index (χ0) is 22.6. The number of alkyl halides is 3. The predicted molar refractivity (Wildman–Crippen MR) is 109 cm³/mol. The van der Waals surface area contributed by atoms with Gasteiger partial charge in [0.05, 0.1) is 5.69 Å². The van der Waals surface area contributed by atoms with Gasteiger partial charge in [0, 0.05) is 41.7 Å². The second kappa shape index (κ2) is 9.11. The van der Waals surface area contributed by atoms with Gasteiger partial charge in [-0.2, -0.15) is 18.3 Å². The highest BCUT2D eigenvalue weighted by Crippen LogP contribution is 2.38. The number of halogens is 5. The molecule has 0 saturated carbocycles. The highest BCUT2D eigenvalue weighted by Gasteiger charge is 2.38. The molecule has 0 unspecified atom stereocenters. The van der Waals surface area contributed by atoms with Crippen LogP contribution in [-0.4, -0.2) is 9.78 Å². The van der Waals surface area contributed by atoms with Crippen LogP contribution in [0.25, 0.3) is 16.8 Å². The van der Waals surface area contributed by atoms with E-state index in [1.807, 2.05) is 32.9 Å². The molecule has 3 rings (SSSR count). The number of hydrogen-bond donors (Lipinski definition) is 1. The van der Waals surface area contributed by atoms with Gasteiger partial charge in [0.25, 0.3) is 0 Å². The first-order valence-electron chi connectivity index (χ1n) is 9.20. The smallest absolute Gasteiger partial charge is 0.353 e. The molecule has 0 aliphatic heterocycles. The lowest BCUT2D eigenvalue weighted by Gasteiger charge is -2.14. The Bertz CT molecular complexity index is 1050. The number of benzene rings is 2. The van der Waals surface area contributed by atoms with Gasteiger partial charge in [-0.1, -0.05) is 44.7 Å². The monoisotopic (exact) mass is 423 g/mol. The number of hydrogen-bond acceptors (Lipinski definition) is 2. The molecule has 2 aromatic carbocycles. The second-order valence-electron chi connectivity index (χ2n) is 6.29. The molecule has 1 heterocycles. The lowest BCUT2D eigenvalue weighted by molar-refractivity contribution is -0.141. The summed E-state index contributed by atoms with van der Waals surface area (Å²) in [5, 5.41) is 6.01. The van der Waals surface area contributed by atoms with Crippen molar-refractivity contribution in [1.82, 2.24) is 9.78 Å². The van der Waals surface area contributed by atoms with Crippen molar-refractivity contribution >= 4 is 11.4 Å². The summed E-state index contributed by atoms with van der Waals surface area (Å²) in [7, 11) is 1.27. The maximum absolute atomic E-state index is 14.6. The Morgan fingerprint density at radius 2 is 1.67 bits per heavy atom. The summed E-state index contributed by atoms with van der Waals surface area (Å²) in [5.74, 6) is -1.93. The van der Waals surface area contributed by atoms with Crippen molar-refractivity contribution in [2.75, 3.05) is 5.32 Å². The summed E-state index contributed by atoms with van der Waals surface area (Å²) < 4.78 is 69.5. The molecule has 0 fully saturated rings. The molecule has 1 aromatic heterocycles. The number of nitrogens with zero attached hydrogens (tertiary/aromatic N) is 2. The van der Waals surface area contributed by atoms with Crippen molar-refractivity contribution in [3.8, 4) is 11.1 Å². The van der Waals surface area contributed by atoms with Crippen LogP contribution in [0.5, 0.6) is 0 Å². The Morgan fingerprint density at radius 1 is 1.03 bits per heavy atom. The van der Waals surface area contributed by atoms with Gasteiger partial charge in [-0.3, -0.25) is 4.68 Å². The van der Waals surface area contributed by atoms with E-state index in [2.05, 4.69) is 17.0 Å². The van der Waals surface area contributed by atoms with E-state index < -0.39 is 34.6 Å². The minimum atomic E-state index is -4.80. The Kier molecular flexibility index (Phi) is 7.02. The molecule has 0 atom stereocenters. The van der Waals surface area contributed by atoms with E-state index in [0.29, 0.717) is 11.3 Å². The Hall–Kier alpha value is -3.16. The van der Waals surface area contributed by atoms with Crippen LogP contribution < -0.4 is 5.32 Å². The van der Waals surface area contributed by atoms with E-state index >= 15 is 0 Å². The Balaban J connectivity index is 0.00000155. The zero-order valence-corrected chi connectivity index (χ0v) is 17.0. The highest BCUT2D eigenvalue weighted by atomic mass is 19.4. The van der Waals surface area contributed by atoms with Crippen molar-refractivity contribution in [3.63, 3.8) is 0 Å². The SMILES string of the molecule is C=C(Nc1cc(F)c(-c2cn(C)nc2C(F)(F)F)cc1F)c1ccccc1C.CC.